The van der Waals surface area contributed by atoms with Gasteiger partial charge in [0.15, 0.2) is 0 Å². The molecule has 0 atom stereocenters. The average molecular weight is 368 g/mol. The topological polar surface area (TPSA) is 49.6 Å². The van der Waals surface area contributed by atoms with E-state index in [1.54, 1.807) is 36.4 Å². The lowest BCUT2D eigenvalue weighted by atomic mass is 10.1. The van der Waals surface area contributed by atoms with Crippen molar-refractivity contribution < 1.29 is 9.50 Å². The first-order valence-electron chi connectivity index (χ1n) is 8.05. The molecule has 4 aromatic rings. The SMILES string of the molecule is Oc1ccc(-c2nc3cc(Cl)ccn3c2NCc2ccc(F)cc2)cc1. The minimum absolute atomic E-state index is 0.196. The van der Waals surface area contributed by atoms with Crippen LogP contribution in [0, 0.1) is 5.82 Å². The van der Waals surface area contributed by atoms with E-state index in [-0.39, 0.29) is 11.6 Å². The summed E-state index contributed by atoms with van der Waals surface area (Å²) in [6.07, 6.45) is 1.85. The Balaban J connectivity index is 1.76. The van der Waals surface area contributed by atoms with Gasteiger partial charge in [0.1, 0.15) is 28.7 Å². The minimum atomic E-state index is -0.261. The smallest absolute Gasteiger partial charge is 0.140 e. The second-order valence-electron chi connectivity index (χ2n) is 5.91. The highest BCUT2D eigenvalue weighted by atomic mass is 35.5. The summed E-state index contributed by atoms with van der Waals surface area (Å²) in [4.78, 5) is 4.67. The van der Waals surface area contributed by atoms with Crippen molar-refractivity contribution in [1.29, 1.82) is 0 Å². The number of benzene rings is 2. The van der Waals surface area contributed by atoms with Crippen LogP contribution in [0.4, 0.5) is 10.2 Å². The van der Waals surface area contributed by atoms with Crippen LogP contribution >= 0.6 is 11.6 Å². The first-order valence-corrected chi connectivity index (χ1v) is 8.43. The zero-order chi connectivity index (χ0) is 18.1. The Labute approximate surface area is 154 Å². The molecule has 0 saturated carbocycles. The van der Waals surface area contributed by atoms with Gasteiger partial charge in [0.2, 0.25) is 0 Å². The number of rotatable bonds is 4. The lowest BCUT2D eigenvalue weighted by Crippen LogP contribution is -2.03. The molecule has 0 saturated heterocycles. The Morgan fingerprint density at radius 2 is 1.77 bits per heavy atom. The van der Waals surface area contributed by atoms with E-state index in [1.165, 1.54) is 12.1 Å². The first-order chi connectivity index (χ1) is 12.6. The summed E-state index contributed by atoms with van der Waals surface area (Å²) < 4.78 is 15.0. The number of aromatic hydroxyl groups is 1. The Morgan fingerprint density at radius 1 is 1.04 bits per heavy atom. The number of hydrogen-bond acceptors (Lipinski definition) is 3. The molecule has 0 aliphatic rings. The molecule has 2 aromatic heterocycles. The fourth-order valence-corrected chi connectivity index (χ4v) is 2.95. The number of aromatic nitrogens is 2. The van der Waals surface area contributed by atoms with Crippen LogP contribution in [0.5, 0.6) is 5.75 Å². The van der Waals surface area contributed by atoms with Gasteiger partial charge in [-0.25, -0.2) is 9.37 Å². The van der Waals surface area contributed by atoms with E-state index in [2.05, 4.69) is 10.3 Å². The van der Waals surface area contributed by atoms with Gasteiger partial charge in [-0.3, -0.25) is 4.40 Å². The third-order valence-corrected chi connectivity index (χ3v) is 4.34. The summed E-state index contributed by atoms with van der Waals surface area (Å²) in [6, 6.07) is 16.8. The Kier molecular flexibility index (Phi) is 4.22. The summed E-state index contributed by atoms with van der Waals surface area (Å²) in [5.41, 5.74) is 3.27. The van der Waals surface area contributed by atoms with E-state index < -0.39 is 0 Å². The van der Waals surface area contributed by atoms with Gasteiger partial charge < -0.3 is 10.4 Å². The minimum Gasteiger partial charge on any atom is -0.508 e. The number of pyridine rings is 1. The first kappa shape index (κ1) is 16.4. The number of hydrogen-bond donors (Lipinski definition) is 2. The predicted octanol–water partition coefficient (Wildman–Crippen LogP) is 5.11. The third-order valence-electron chi connectivity index (χ3n) is 4.10. The second-order valence-corrected chi connectivity index (χ2v) is 6.35. The van der Waals surface area contributed by atoms with Crippen LogP contribution in [-0.2, 0) is 6.54 Å². The van der Waals surface area contributed by atoms with Crippen LogP contribution in [0.25, 0.3) is 16.9 Å². The lowest BCUT2D eigenvalue weighted by Gasteiger charge is -2.09. The summed E-state index contributed by atoms with van der Waals surface area (Å²) in [7, 11) is 0. The predicted molar refractivity (Wildman–Crippen MR) is 101 cm³/mol. The number of phenols is 1. The molecule has 0 unspecified atom stereocenters. The summed E-state index contributed by atoms with van der Waals surface area (Å²) in [6.45, 7) is 0.516. The van der Waals surface area contributed by atoms with E-state index in [0.29, 0.717) is 17.2 Å². The standard InChI is InChI=1S/C20H15ClFN3O/c21-15-9-10-25-18(11-15)24-19(14-3-7-17(26)8-4-14)20(25)23-12-13-1-5-16(22)6-2-13/h1-11,23,26H,12H2. The summed E-state index contributed by atoms with van der Waals surface area (Å²) >= 11 is 6.09. The van der Waals surface area contributed by atoms with E-state index in [0.717, 1.165) is 22.6 Å². The van der Waals surface area contributed by atoms with E-state index in [4.69, 9.17) is 11.6 Å². The monoisotopic (exact) mass is 367 g/mol. The van der Waals surface area contributed by atoms with Crippen molar-refractivity contribution >= 4 is 23.1 Å². The highest BCUT2D eigenvalue weighted by molar-refractivity contribution is 6.30. The van der Waals surface area contributed by atoms with Gasteiger partial charge in [-0.2, -0.15) is 0 Å². The number of nitrogens with zero attached hydrogens (tertiary/aromatic N) is 2. The van der Waals surface area contributed by atoms with Crippen LogP contribution < -0.4 is 5.32 Å². The Morgan fingerprint density at radius 3 is 2.50 bits per heavy atom. The van der Waals surface area contributed by atoms with E-state index in [9.17, 15) is 9.50 Å². The van der Waals surface area contributed by atoms with Crippen LogP contribution in [0.15, 0.2) is 66.9 Å². The zero-order valence-corrected chi connectivity index (χ0v) is 14.4. The molecular formula is C20H15ClFN3O. The maximum atomic E-state index is 13.1. The van der Waals surface area contributed by atoms with Crippen molar-refractivity contribution in [2.75, 3.05) is 5.32 Å². The fraction of sp³-hybridized carbons (Fsp3) is 0.0500. The number of phenolic OH excluding ortho intramolecular Hbond substituents is 1. The largest absolute Gasteiger partial charge is 0.508 e. The molecule has 2 aromatic carbocycles. The van der Waals surface area contributed by atoms with Crippen LogP contribution in [0.1, 0.15) is 5.56 Å². The molecule has 2 N–H and O–H groups in total. The lowest BCUT2D eigenvalue weighted by molar-refractivity contribution is 0.475. The van der Waals surface area contributed by atoms with E-state index in [1.807, 2.05) is 22.7 Å². The number of halogens is 2. The maximum absolute atomic E-state index is 13.1. The summed E-state index contributed by atoms with van der Waals surface area (Å²) in [5, 5.41) is 13.5. The molecule has 4 rings (SSSR count). The van der Waals surface area contributed by atoms with Gasteiger partial charge in [-0.15, -0.1) is 0 Å². The van der Waals surface area contributed by atoms with Gasteiger partial charge in [0.05, 0.1) is 0 Å². The van der Waals surface area contributed by atoms with Gasteiger partial charge in [-0.05, 0) is 48.0 Å². The molecule has 0 radical (unpaired) electrons. The number of nitrogens with one attached hydrogen (secondary N) is 1. The van der Waals surface area contributed by atoms with Gasteiger partial charge in [0, 0.05) is 29.4 Å². The van der Waals surface area contributed by atoms with Crippen molar-refractivity contribution in [3.05, 3.63) is 83.3 Å². The van der Waals surface area contributed by atoms with Gasteiger partial charge in [0.25, 0.3) is 0 Å². The van der Waals surface area contributed by atoms with Crippen molar-refractivity contribution in [2.45, 2.75) is 6.54 Å². The molecule has 0 fully saturated rings. The van der Waals surface area contributed by atoms with Crippen LogP contribution in [0.2, 0.25) is 5.02 Å². The van der Waals surface area contributed by atoms with Crippen molar-refractivity contribution in [1.82, 2.24) is 9.38 Å². The van der Waals surface area contributed by atoms with Crippen molar-refractivity contribution in [3.63, 3.8) is 0 Å². The normalized spacial score (nSPS) is 11.0. The van der Waals surface area contributed by atoms with Crippen molar-refractivity contribution in [3.8, 4) is 17.0 Å². The maximum Gasteiger partial charge on any atom is 0.140 e. The molecule has 0 aliphatic heterocycles. The highest BCUT2D eigenvalue weighted by Gasteiger charge is 2.14. The zero-order valence-electron chi connectivity index (χ0n) is 13.7. The summed E-state index contributed by atoms with van der Waals surface area (Å²) in [5.74, 6) is 0.732. The van der Waals surface area contributed by atoms with Crippen LogP contribution in [-0.4, -0.2) is 14.5 Å². The molecule has 2 heterocycles. The number of fused-ring (bicyclic) bond motifs is 1. The fourth-order valence-electron chi connectivity index (χ4n) is 2.80. The van der Waals surface area contributed by atoms with Gasteiger partial charge in [-0.1, -0.05) is 23.7 Å². The molecule has 4 nitrogen and oxygen atoms in total. The van der Waals surface area contributed by atoms with Gasteiger partial charge >= 0.3 is 0 Å². The number of imidazole rings is 1. The quantitative estimate of drug-likeness (QED) is 0.527. The molecule has 26 heavy (non-hydrogen) atoms. The average Bonchev–Trinajstić information content (AvgIpc) is 2.99. The molecule has 0 aliphatic carbocycles. The third kappa shape index (κ3) is 3.21. The van der Waals surface area contributed by atoms with E-state index >= 15 is 0 Å². The molecule has 0 bridgehead atoms. The number of anilines is 1. The second kappa shape index (κ2) is 6.69. The molecule has 130 valence electrons. The van der Waals surface area contributed by atoms with Crippen molar-refractivity contribution in [2.24, 2.45) is 0 Å². The molecule has 0 spiro atoms. The molecule has 6 heteroatoms. The van der Waals surface area contributed by atoms with Crippen LogP contribution in [0.3, 0.4) is 0 Å². The molecule has 0 amide bonds. The Bertz CT molecular complexity index is 1060. The Hall–Kier alpha value is -3.05. The highest BCUT2D eigenvalue weighted by Crippen LogP contribution is 2.31. The molecular weight excluding hydrogens is 353 g/mol.